The standard InChI is InChI=1S/C23H24FN7O/c1-25-23(32)15-30-14-17(13-26-30)20-4-5-22(28-27-20)29-9-7-19(8-10-29)31-11-6-16-2-3-18(24)12-21(16)31/h2-6,11-14,19H,7-10,15H2,1H3,(H,25,32). The first-order valence-electron chi connectivity index (χ1n) is 10.7. The van der Waals surface area contributed by atoms with Crippen molar-refractivity contribution >= 4 is 22.6 Å². The number of hydrogen-bond donors (Lipinski definition) is 1. The predicted molar refractivity (Wildman–Crippen MR) is 120 cm³/mol. The topological polar surface area (TPSA) is 80.9 Å². The van der Waals surface area contributed by atoms with Crippen molar-refractivity contribution in [2.24, 2.45) is 0 Å². The molecule has 0 spiro atoms. The SMILES string of the molecule is CNC(=O)Cn1cc(-c2ccc(N3CCC(n4ccc5ccc(F)cc54)CC3)nn2)cn1. The lowest BCUT2D eigenvalue weighted by molar-refractivity contribution is -0.121. The molecule has 0 unspecified atom stereocenters. The van der Waals surface area contributed by atoms with Crippen molar-refractivity contribution in [1.29, 1.82) is 0 Å². The first kappa shape index (κ1) is 20.2. The minimum atomic E-state index is -0.204. The molecule has 0 atom stereocenters. The summed E-state index contributed by atoms with van der Waals surface area (Å²) in [6.07, 6.45) is 7.44. The molecule has 164 valence electrons. The molecule has 9 heteroatoms. The summed E-state index contributed by atoms with van der Waals surface area (Å²) >= 11 is 0. The Bertz CT molecular complexity index is 1240. The van der Waals surface area contributed by atoms with Crippen LogP contribution in [0.2, 0.25) is 0 Å². The molecule has 1 aliphatic rings. The van der Waals surface area contributed by atoms with Crippen molar-refractivity contribution in [3.63, 3.8) is 0 Å². The number of anilines is 1. The first-order valence-corrected chi connectivity index (χ1v) is 10.7. The lowest BCUT2D eigenvalue weighted by Gasteiger charge is -2.33. The molecule has 1 saturated heterocycles. The van der Waals surface area contributed by atoms with Crippen LogP contribution in [0, 0.1) is 5.82 Å². The van der Waals surface area contributed by atoms with E-state index in [1.165, 1.54) is 6.07 Å². The van der Waals surface area contributed by atoms with Gasteiger partial charge in [-0.25, -0.2) is 4.39 Å². The van der Waals surface area contributed by atoms with Crippen molar-refractivity contribution in [1.82, 2.24) is 29.9 Å². The van der Waals surface area contributed by atoms with Crippen LogP contribution in [-0.2, 0) is 11.3 Å². The summed E-state index contributed by atoms with van der Waals surface area (Å²) in [4.78, 5) is 13.7. The summed E-state index contributed by atoms with van der Waals surface area (Å²) in [7, 11) is 1.60. The van der Waals surface area contributed by atoms with Crippen LogP contribution in [0.15, 0.2) is 55.0 Å². The van der Waals surface area contributed by atoms with E-state index in [2.05, 4.69) is 36.3 Å². The van der Waals surface area contributed by atoms with E-state index in [0.717, 1.165) is 48.2 Å². The highest BCUT2D eigenvalue weighted by atomic mass is 19.1. The number of halogens is 1. The third-order valence-corrected chi connectivity index (χ3v) is 6.03. The normalized spacial score (nSPS) is 14.8. The average molecular weight is 433 g/mol. The fourth-order valence-electron chi connectivity index (χ4n) is 4.27. The number of hydrogen-bond acceptors (Lipinski definition) is 5. The smallest absolute Gasteiger partial charge is 0.241 e. The second-order valence-corrected chi connectivity index (χ2v) is 8.02. The zero-order valence-corrected chi connectivity index (χ0v) is 17.8. The van der Waals surface area contributed by atoms with Gasteiger partial charge in [0.05, 0.1) is 17.4 Å². The van der Waals surface area contributed by atoms with Crippen molar-refractivity contribution in [2.75, 3.05) is 25.0 Å². The maximum Gasteiger partial charge on any atom is 0.241 e. The molecule has 8 nitrogen and oxygen atoms in total. The molecule has 1 aliphatic heterocycles. The van der Waals surface area contributed by atoms with Crippen molar-refractivity contribution in [3.8, 4) is 11.3 Å². The molecular weight excluding hydrogens is 409 g/mol. The number of aromatic nitrogens is 5. The minimum Gasteiger partial charge on any atom is -0.358 e. The monoisotopic (exact) mass is 433 g/mol. The van der Waals surface area contributed by atoms with Gasteiger partial charge in [0.25, 0.3) is 0 Å². The fourth-order valence-corrected chi connectivity index (χ4v) is 4.27. The molecule has 1 amide bonds. The summed E-state index contributed by atoms with van der Waals surface area (Å²) in [6.45, 7) is 1.88. The van der Waals surface area contributed by atoms with Crippen LogP contribution < -0.4 is 10.2 Å². The quantitative estimate of drug-likeness (QED) is 0.523. The van der Waals surface area contributed by atoms with Crippen molar-refractivity contribution in [3.05, 3.63) is 60.8 Å². The number of nitrogens with zero attached hydrogens (tertiary/aromatic N) is 6. The van der Waals surface area contributed by atoms with Gasteiger partial charge in [-0.3, -0.25) is 9.48 Å². The Morgan fingerprint density at radius 3 is 2.75 bits per heavy atom. The number of benzene rings is 1. The lowest BCUT2D eigenvalue weighted by atomic mass is 10.0. The van der Waals surface area contributed by atoms with Crippen LogP contribution in [0.3, 0.4) is 0 Å². The largest absolute Gasteiger partial charge is 0.358 e. The summed E-state index contributed by atoms with van der Waals surface area (Å²) in [5.41, 5.74) is 2.48. The minimum absolute atomic E-state index is 0.109. The molecule has 0 saturated carbocycles. The summed E-state index contributed by atoms with van der Waals surface area (Å²) < 4.78 is 17.5. The third-order valence-electron chi connectivity index (χ3n) is 6.03. The van der Waals surface area contributed by atoms with E-state index in [0.29, 0.717) is 11.7 Å². The molecule has 0 bridgehead atoms. The van der Waals surface area contributed by atoms with Gasteiger partial charge in [-0.15, -0.1) is 10.2 Å². The number of amides is 1. The van der Waals surface area contributed by atoms with E-state index in [4.69, 9.17) is 0 Å². The van der Waals surface area contributed by atoms with Crippen LogP contribution in [0.25, 0.3) is 22.2 Å². The van der Waals surface area contributed by atoms with Crippen molar-refractivity contribution < 1.29 is 9.18 Å². The second kappa shape index (κ2) is 8.41. The molecule has 4 heterocycles. The van der Waals surface area contributed by atoms with Crippen LogP contribution in [-0.4, -0.2) is 50.6 Å². The number of carbonyl (C=O) groups excluding carboxylic acids is 1. The average Bonchev–Trinajstić information content (AvgIpc) is 3.46. The molecule has 0 aliphatic carbocycles. The van der Waals surface area contributed by atoms with E-state index >= 15 is 0 Å². The number of carbonyl (C=O) groups is 1. The Morgan fingerprint density at radius 1 is 1.16 bits per heavy atom. The van der Waals surface area contributed by atoms with Crippen molar-refractivity contribution in [2.45, 2.75) is 25.4 Å². The molecule has 1 fully saturated rings. The number of fused-ring (bicyclic) bond motifs is 1. The van der Waals surface area contributed by atoms with Gasteiger partial charge in [-0.2, -0.15) is 5.10 Å². The van der Waals surface area contributed by atoms with E-state index < -0.39 is 0 Å². The van der Waals surface area contributed by atoms with Gasteiger partial charge in [0.1, 0.15) is 12.4 Å². The highest BCUT2D eigenvalue weighted by molar-refractivity contribution is 5.80. The van der Waals surface area contributed by atoms with Gasteiger partial charge in [-0.1, -0.05) is 0 Å². The molecule has 32 heavy (non-hydrogen) atoms. The van der Waals surface area contributed by atoms with Gasteiger partial charge < -0.3 is 14.8 Å². The van der Waals surface area contributed by atoms with Crippen LogP contribution >= 0.6 is 0 Å². The predicted octanol–water partition coefficient (Wildman–Crippen LogP) is 3.02. The Labute approximate surface area is 184 Å². The van der Waals surface area contributed by atoms with E-state index in [9.17, 15) is 9.18 Å². The van der Waals surface area contributed by atoms with Crippen LogP contribution in [0.4, 0.5) is 10.2 Å². The Hall–Kier alpha value is -3.75. The zero-order valence-electron chi connectivity index (χ0n) is 17.8. The number of nitrogens with one attached hydrogen (secondary N) is 1. The molecule has 0 radical (unpaired) electrons. The van der Waals surface area contributed by atoms with Crippen LogP contribution in [0.5, 0.6) is 0 Å². The highest BCUT2D eigenvalue weighted by Crippen LogP contribution is 2.30. The fraction of sp³-hybridized carbons (Fsp3) is 0.304. The molecular formula is C23H24FN7O. The van der Waals surface area contributed by atoms with Crippen LogP contribution in [0.1, 0.15) is 18.9 Å². The number of piperidine rings is 1. The molecule has 1 aromatic carbocycles. The van der Waals surface area contributed by atoms with Gasteiger partial charge in [0.2, 0.25) is 5.91 Å². The van der Waals surface area contributed by atoms with E-state index in [-0.39, 0.29) is 18.3 Å². The number of rotatable bonds is 5. The molecule has 5 rings (SSSR count). The summed E-state index contributed by atoms with van der Waals surface area (Å²) in [5.74, 6) is 0.528. The summed E-state index contributed by atoms with van der Waals surface area (Å²) in [6, 6.07) is 11.2. The van der Waals surface area contributed by atoms with Gasteiger partial charge in [-0.05, 0) is 54.6 Å². The Balaban J connectivity index is 1.24. The summed E-state index contributed by atoms with van der Waals surface area (Å²) in [5, 5.41) is 16.6. The highest BCUT2D eigenvalue weighted by Gasteiger charge is 2.22. The Morgan fingerprint density at radius 2 is 2.00 bits per heavy atom. The maximum absolute atomic E-state index is 13.7. The first-order chi connectivity index (χ1) is 15.6. The Kier molecular flexibility index (Phi) is 5.30. The molecule has 3 aromatic heterocycles. The molecule has 1 N–H and O–H groups in total. The zero-order chi connectivity index (χ0) is 22.1. The van der Waals surface area contributed by atoms with Gasteiger partial charge in [0.15, 0.2) is 5.82 Å². The maximum atomic E-state index is 13.7. The van der Waals surface area contributed by atoms with Gasteiger partial charge >= 0.3 is 0 Å². The van der Waals surface area contributed by atoms with Gasteiger partial charge in [0, 0.05) is 44.1 Å². The van der Waals surface area contributed by atoms with E-state index in [1.807, 2.05) is 24.3 Å². The third kappa shape index (κ3) is 3.93. The van der Waals surface area contributed by atoms with E-state index in [1.54, 1.807) is 30.2 Å². The molecule has 4 aromatic rings. The number of likely N-dealkylation sites (N-methyl/N-ethyl adjacent to an activating group) is 1. The lowest BCUT2D eigenvalue weighted by Crippen LogP contribution is -2.35. The second-order valence-electron chi connectivity index (χ2n) is 8.02.